The first-order chi connectivity index (χ1) is 8.48. The van der Waals surface area contributed by atoms with E-state index in [0.717, 1.165) is 37.9 Å². The Bertz CT molecular complexity index is 392. The number of alkyl halides is 3. The monoisotopic (exact) mass is 258 g/mol. The summed E-state index contributed by atoms with van der Waals surface area (Å²) in [6.07, 6.45) is 1.74. The molecule has 1 heterocycles. The first kappa shape index (κ1) is 13.3. The number of halogens is 3. The van der Waals surface area contributed by atoms with Crippen LogP contribution in [0.5, 0.6) is 0 Å². The third kappa shape index (κ3) is 2.51. The van der Waals surface area contributed by atoms with Crippen molar-refractivity contribution in [2.75, 3.05) is 6.54 Å². The molecule has 1 aliphatic carbocycles. The summed E-state index contributed by atoms with van der Waals surface area (Å²) in [5, 5.41) is 0. The van der Waals surface area contributed by atoms with Crippen LogP contribution < -0.4 is 5.73 Å². The van der Waals surface area contributed by atoms with Crippen molar-refractivity contribution in [3.8, 4) is 0 Å². The zero-order valence-electron chi connectivity index (χ0n) is 10.1. The Labute approximate surface area is 104 Å². The van der Waals surface area contributed by atoms with Gasteiger partial charge in [-0.1, -0.05) is 19.3 Å². The van der Waals surface area contributed by atoms with Crippen LogP contribution >= 0.6 is 0 Å². The van der Waals surface area contributed by atoms with Crippen LogP contribution in [-0.2, 0) is 11.6 Å². The topological polar surface area (TPSA) is 38.9 Å². The van der Waals surface area contributed by atoms with Gasteiger partial charge in [-0.15, -0.1) is 0 Å². The van der Waals surface area contributed by atoms with Crippen LogP contribution in [0.3, 0.4) is 0 Å². The molecule has 0 bridgehead atoms. The lowest BCUT2D eigenvalue weighted by molar-refractivity contribution is -0.137. The average Bonchev–Trinajstić information content (AvgIpc) is 2.39. The molecule has 1 fully saturated rings. The number of hydrogen-bond donors (Lipinski definition) is 1. The summed E-state index contributed by atoms with van der Waals surface area (Å²) < 4.78 is 37.4. The van der Waals surface area contributed by atoms with E-state index in [9.17, 15) is 13.2 Å². The minimum absolute atomic E-state index is 0.220. The molecule has 0 radical (unpaired) electrons. The highest BCUT2D eigenvalue weighted by atomic mass is 19.4. The molecular weight excluding hydrogens is 241 g/mol. The molecule has 1 aliphatic rings. The molecule has 2 nitrogen and oxygen atoms in total. The number of pyridine rings is 1. The van der Waals surface area contributed by atoms with Gasteiger partial charge in [0.1, 0.15) is 0 Å². The molecule has 18 heavy (non-hydrogen) atoms. The van der Waals surface area contributed by atoms with E-state index >= 15 is 0 Å². The summed E-state index contributed by atoms with van der Waals surface area (Å²) in [6, 6.07) is 2.59. The second kappa shape index (κ2) is 4.88. The molecule has 0 spiro atoms. The molecule has 0 aromatic carbocycles. The van der Waals surface area contributed by atoms with Gasteiger partial charge >= 0.3 is 6.18 Å². The lowest BCUT2D eigenvalue weighted by atomic mass is 9.71. The summed E-state index contributed by atoms with van der Waals surface area (Å²) in [5.41, 5.74) is 5.62. The van der Waals surface area contributed by atoms with Crippen LogP contribution in [0.15, 0.2) is 18.3 Å². The minimum Gasteiger partial charge on any atom is -0.330 e. The maximum Gasteiger partial charge on any atom is 0.417 e. The quantitative estimate of drug-likeness (QED) is 0.884. The fourth-order valence-electron chi connectivity index (χ4n) is 2.67. The van der Waals surface area contributed by atoms with E-state index in [1.54, 1.807) is 0 Å². The largest absolute Gasteiger partial charge is 0.417 e. The number of nitrogens with two attached hydrogens (primary N) is 1. The Balaban J connectivity index is 2.27. The number of rotatable bonds is 2. The Hall–Kier alpha value is -1.10. The molecular formula is C13H17F3N2. The van der Waals surface area contributed by atoms with Crippen LogP contribution in [0.4, 0.5) is 13.2 Å². The van der Waals surface area contributed by atoms with Crippen LogP contribution in [-0.4, -0.2) is 11.5 Å². The van der Waals surface area contributed by atoms with Gasteiger partial charge in [0, 0.05) is 23.9 Å². The predicted molar refractivity (Wildman–Crippen MR) is 63.1 cm³/mol. The van der Waals surface area contributed by atoms with E-state index in [1.807, 2.05) is 0 Å². The van der Waals surface area contributed by atoms with Crippen molar-refractivity contribution in [1.82, 2.24) is 4.98 Å². The molecule has 100 valence electrons. The SMILES string of the molecule is NCC1(c2ccc(C(F)(F)F)cn2)CCCCC1. The molecule has 0 atom stereocenters. The Kier molecular flexibility index (Phi) is 3.61. The highest BCUT2D eigenvalue weighted by Crippen LogP contribution is 2.38. The van der Waals surface area contributed by atoms with Crippen molar-refractivity contribution < 1.29 is 13.2 Å². The molecule has 5 heteroatoms. The van der Waals surface area contributed by atoms with Crippen molar-refractivity contribution in [1.29, 1.82) is 0 Å². The maximum absolute atomic E-state index is 12.5. The first-order valence-electron chi connectivity index (χ1n) is 6.22. The van der Waals surface area contributed by atoms with Crippen LogP contribution in [0.2, 0.25) is 0 Å². The van der Waals surface area contributed by atoms with E-state index in [2.05, 4.69) is 4.98 Å². The smallest absolute Gasteiger partial charge is 0.330 e. The zero-order valence-corrected chi connectivity index (χ0v) is 10.1. The standard InChI is InChI=1S/C13H17F3N2/c14-13(15,16)10-4-5-11(18-8-10)12(9-17)6-2-1-3-7-12/h4-5,8H,1-3,6-7,9,17H2. The van der Waals surface area contributed by atoms with Crippen LogP contribution in [0, 0.1) is 0 Å². The van der Waals surface area contributed by atoms with E-state index in [-0.39, 0.29) is 5.41 Å². The Morgan fingerprint density at radius 2 is 1.83 bits per heavy atom. The normalized spacial score (nSPS) is 19.8. The summed E-state index contributed by atoms with van der Waals surface area (Å²) in [7, 11) is 0. The van der Waals surface area contributed by atoms with Gasteiger partial charge in [0.25, 0.3) is 0 Å². The van der Waals surface area contributed by atoms with Crippen molar-refractivity contribution in [3.05, 3.63) is 29.6 Å². The maximum atomic E-state index is 12.5. The van der Waals surface area contributed by atoms with E-state index in [4.69, 9.17) is 5.73 Å². The van der Waals surface area contributed by atoms with E-state index in [0.29, 0.717) is 12.2 Å². The van der Waals surface area contributed by atoms with Gasteiger partial charge in [-0.2, -0.15) is 13.2 Å². The zero-order chi connectivity index (χ0) is 13.2. The predicted octanol–water partition coefficient (Wildman–Crippen LogP) is 3.26. The van der Waals surface area contributed by atoms with Gasteiger partial charge in [-0.25, -0.2) is 0 Å². The lowest BCUT2D eigenvalue weighted by Crippen LogP contribution is -2.38. The second-order valence-corrected chi connectivity index (χ2v) is 4.97. The van der Waals surface area contributed by atoms with Gasteiger partial charge in [-0.3, -0.25) is 4.98 Å². The number of nitrogens with zero attached hydrogens (tertiary/aromatic N) is 1. The molecule has 0 unspecified atom stereocenters. The van der Waals surface area contributed by atoms with Gasteiger partial charge in [0.05, 0.1) is 5.56 Å². The summed E-state index contributed by atoms with van der Waals surface area (Å²) >= 11 is 0. The highest BCUT2D eigenvalue weighted by Gasteiger charge is 2.35. The summed E-state index contributed by atoms with van der Waals surface area (Å²) in [5.74, 6) is 0. The summed E-state index contributed by atoms with van der Waals surface area (Å²) in [4.78, 5) is 4.01. The Morgan fingerprint density at radius 1 is 1.17 bits per heavy atom. The van der Waals surface area contributed by atoms with Crippen molar-refractivity contribution in [2.45, 2.75) is 43.7 Å². The molecule has 1 aromatic rings. The first-order valence-corrected chi connectivity index (χ1v) is 6.22. The molecule has 0 amide bonds. The van der Waals surface area contributed by atoms with Gasteiger partial charge in [0.15, 0.2) is 0 Å². The number of hydrogen-bond acceptors (Lipinski definition) is 2. The number of aromatic nitrogens is 1. The molecule has 2 N–H and O–H groups in total. The summed E-state index contributed by atoms with van der Waals surface area (Å²) in [6.45, 7) is 0.450. The van der Waals surface area contributed by atoms with Gasteiger partial charge in [0.2, 0.25) is 0 Å². The third-order valence-electron chi connectivity index (χ3n) is 3.84. The molecule has 0 aliphatic heterocycles. The average molecular weight is 258 g/mol. The van der Waals surface area contributed by atoms with Gasteiger partial charge < -0.3 is 5.73 Å². The lowest BCUT2D eigenvalue weighted by Gasteiger charge is -2.35. The molecule has 2 rings (SSSR count). The third-order valence-corrected chi connectivity index (χ3v) is 3.84. The minimum atomic E-state index is -4.33. The van der Waals surface area contributed by atoms with Gasteiger partial charge in [-0.05, 0) is 25.0 Å². The second-order valence-electron chi connectivity index (χ2n) is 4.97. The van der Waals surface area contributed by atoms with Crippen molar-refractivity contribution >= 4 is 0 Å². The Morgan fingerprint density at radius 3 is 2.28 bits per heavy atom. The van der Waals surface area contributed by atoms with Crippen molar-refractivity contribution in [3.63, 3.8) is 0 Å². The fourth-order valence-corrected chi connectivity index (χ4v) is 2.67. The fraction of sp³-hybridized carbons (Fsp3) is 0.615. The highest BCUT2D eigenvalue weighted by molar-refractivity contribution is 5.24. The molecule has 1 saturated carbocycles. The van der Waals surface area contributed by atoms with E-state index < -0.39 is 11.7 Å². The molecule has 0 saturated heterocycles. The van der Waals surface area contributed by atoms with E-state index in [1.165, 1.54) is 12.5 Å². The molecule has 1 aromatic heterocycles. The van der Waals surface area contributed by atoms with Crippen LogP contribution in [0.1, 0.15) is 43.4 Å². The van der Waals surface area contributed by atoms with Crippen LogP contribution in [0.25, 0.3) is 0 Å². The van der Waals surface area contributed by atoms with Crippen molar-refractivity contribution in [2.24, 2.45) is 5.73 Å².